The Kier molecular flexibility index (Phi) is 10.9. The maximum absolute atomic E-state index is 11.8. The van der Waals surface area contributed by atoms with E-state index in [-0.39, 0.29) is 24.7 Å². The highest BCUT2D eigenvalue weighted by Crippen LogP contribution is 2.23. The van der Waals surface area contributed by atoms with Crippen molar-refractivity contribution in [2.24, 2.45) is 23.3 Å². The molecule has 2 unspecified atom stereocenters. The number of hydrogen-bond donors (Lipinski definition) is 4. The average Bonchev–Trinajstić information content (AvgIpc) is 2.52. The van der Waals surface area contributed by atoms with Crippen LogP contribution in [0.15, 0.2) is 0 Å². The second kappa shape index (κ2) is 11.5. The fourth-order valence-corrected chi connectivity index (χ4v) is 2.92. The Morgan fingerprint density at radius 2 is 1.04 bits per heavy atom. The summed E-state index contributed by atoms with van der Waals surface area (Å²) in [5, 5.41) is 20.1. The summed E-state index contributed by atoms with van der Waals surface area (Å²) in [4.78, 5) is 23.6. The van der Waals surface area contributed by atoms with E-state index in [9.17, 15) is 19.8 Å². The number of ether oxygens (including phenoxy) is 2. The van der Waals surface area contributed by atoms with Crippen LogP contribution < -0.4 is 11.5 Å². The second-order valence-electron chi connectivity index (χ2n) is 6.69. The van der Waals surface area contributed by atoms with Crippen LogP contribution in [0.3, 0.4) is 0 Å². The molecule has 8 heteroatoms. The molecule has 154 valence electrons. The van der Waals surface area contributed by atoms with E-state index in [1.807, 2.05) is 27.7 Å². The molecular formula is C18H36N2O6. The fourth-order valence-electron chi connectivity index (χ4n) is 2.92. The largest absolute Gasteiger partial charge is 0.419 e. The molecule has 0 fully saturated rings. The highest BCUT2D eigenvalue weighted by atomic mass is 16.7. The first-order valence-corrected chi connectivity index (χ1v) is 9.50. The number of nitrogens with two attached hydrogens (primary N) is 2. The molecule has 0 saturated carbocycles. The Bertz CT molecular complexity index is 391. The van der Waals surface area contributed by atoms with Crippen LogP contribution in [0, 0.1) is 11.8 Å². The van der Waals surface area contributed by atoms with Gasteiger partial charge in [0, 0.05) is 24.7 Å². The van der Waals surface area contributed by atoms with E-state index in [2.05, 4.69) is 0 Å². The smallest absolute Gasteiger partial charge is 0.309 e. The summed E-state index contributed by atoms with van der Waals surface area (Å²) in [5.74, 6) is -5.89. The lowest BCUT2D eigenvalue weighted by Crippen LogP contribution is -2.50. The number of aliphatic hydroxyl groups is 2. The summed E-state index contributed by atoms with van der Waals surface area (Å²) >= 11 is 0. The van der Waals surface area contributed by atoms with Crippen LogP contribution in [0.4, 0.5) is 0 Å². The minimum absolute atomic E-state index is 0.0202. The lowest BCUT2D eigenvalue weighted by Gasteiger charge is -2.30. The molecule has 0 aliphatic rings. The van der Waals surface area contributed by atoms with Gasteiger partial charge in [0.05, 0.1) is 0 Å². The molecule has 0 rings (SSSR count). The van der Waals surface area contributed by atoms with Crippen molar-refractivity contribution in [2.75, 3.05) is 0 Å². The first-order valence-electron chi connectivity index (χ1n) is 9.50. The van der Waals surface area contributed by atoms with Crippen molar-refractivity contribution >= 4 is 11.9 Å². The molecule has 0 aliphatic carbocycles. The van der Waals surface area contributed by atoms with Crippen LogP contribution in [0.1, 0.15) is 79.1 Å². The molecule has 8 nitrogen and oxygen atoms in total. The van der Waals surface area contributed by atoms with Gasteiger partial charge in [-0.25, -0.2) is 0 Å². The molecule has 0 aliphatic heterocycles. The predicted octanol–water partition coefficient (Wildman–Crippen LogP) is 1.72. The topological polar surface area (TPSA) is 145 Å². The minimum Gasteiger partial charge on any atom is -0.419 e. The monoisotopic (exact) mass is 376 g/mol. The van der Waals surface area contributed by atoms with E-state index in [0.717, 1.165) is 0 Å². The van der Waals surface area contributed by atoms with E-state index >= 15 is 0 Å². The Labute approximate surface area is 156 Å². The SMILES string of the molecule is CCC(CC)C(N)(O)OC(=O)CCCCC(=O)OC(N)(O)C(CC)CC. The van der Waals surface area contributed by atoms with E-state index in [1.165, 1.54) is 0 Å². The predicted molar refractivity (Wildman–Crippen MR) is 97.1 cm³/mol. The third kappa shape index (κ3) is 8.44. The van der Waals surface area contributed by atoms with Gasteiger partial charge >= 0.3 is 11.9 Å². The summed E-state index contributed by atoms with van der Waals surface area (Å²) in [6.07, 6.45) is 3.10. The van der Waals surface area contributed by atoms with E-state index in [4.69, 9.17) is 20.9 Å². The fraction of sp³-hybridized carbons (Fsp3) is 0.889. The van der Waals surface area contributed by atoms with Crippen LogP contribution in [-0.2, 0) is 19.1 Å². The second-order valence-corrected chi connectivity index (χ2v) is 6.69. The van der Waals surface area contributed by atoms with Gasteiger partial charge in [0.1, 0.15) is 0 Å². The zero-order chi connectivity index (χ0) is 20.4. The van der Waals surface area contributed by atoms with Gasteiger partial charge < -0.3 is 19.7 Å². The van der Waals surface area contributed by atoms with Gasteiger partial charge in [-0.2, -0.15) is 0 Å². The van der Waals surface area contributed by atoms with Crippen LogP contribution in [0.5, 0.6) is 0 Å². The Hall–Kier alpha value is -1.22. The quantitative estimate of drug-likeness (QED) is 0.216. The Balaban J connectivity index is 4.22. The number of carbonyl (C=O) groups excluding carboxylic acids is 2. The van der Waals surface area contributed by atoms with Gasteiger partial charge in [0.15, 0.2) is 0 Å². The van der Waals surface area contributed by atoms with Gasteiger partial charge in [-0.05, 0) is 38.5 Å². The van der Waals surface area contributed by atoms with Crippen LogP contribution in [0.25, 0.3) is 0 Å². The zero-order valence-corrected chi connectivity index (χ0v) is 16.5. The van der Waals surface area contributed by atoms with Gasteiger partial charge in [-0.15, -0.1) is 0 Å². The van der Waals surface area contributed by atoms with E-state index in [0.29, 0.717) is 38.5 Å². The molecule has 2 atom stereocenters. The van der Waals surface area contributed by atoms with Crippen molar-refractivity contribution < 1.29 is 29.3 Å². The summed E-state index contributed by atoms with van der Waals surface area (Å²) in [5.41, 5.74) is 11.3. The maximum Gasteiger partial charge on any atom is 0.309 e. The summed E-state index contributed by atoms with van der Waals surface area (Å²) < 4.78 is 9.90. The van der Waals surface area contributed by atoms with E-state index < -0.39 is 23.8 Å². The first kappa shape index (κ1) is 24.8. The van der Waals surface area contributed by atoms with E-state index in [1.54, 1.807) is 0 Å². The molecule has 0 amide bonds. The van der Waals surface area contributed by atoms with Crippen molar-refractivity contribution in [3.63, 3.8) is 0 Å². The summed E-state index contributed by atoms with van der Waals surface area (Å²) in [6, 6.07) is 0. The molecule has 0 bridgehead atoms. The third-order valence-corrected chi connectivity index (χ3v) is 4.71. The third-order valence-electron chi connectivity index (χ3n) is 4.71. The van der Waals surface area contributed by atoms with Gasteiger partial charge in [0.2, 0.25) is 0 Å². The Morgan fingerprint density at radius 3 is 1.27 bits per heavy atom. The summed E-state index contributed by atoms with van der Waals surface area (Å²) in [7, 11) is 0. The van der Waals surface area contributed by atoms with Crippen LogP contribution in [-0.4, -0.2) is 34.0 Å². The average molecular weight is 376 g/mol. The Morgan fingerprint density at radius 1 is 0.769 bits per heavy atom. The van der Waals surface area contributed by atoms with Gasteiger partial charge in [0.25, 0.3) is 11.8 Å². The molecular weight excluding hydrogens is 340 g/mol. The van der Waals surface area contributed by atoms with Crippen molar-refractivity contribution in [3.05, 3.63) is 0 Å². The first-order chi connectivity index (χ1) is 12.0. The van der Waals surface area contributed by atoms with Crippen molar-refractivity contribution in [1.29, 1.82) is 0 Å². The lowest BCUT2D eigenvalue weighted by atomic mass is 9.99. The zero-order valence-electron chi connectivity index (χ0n) is 16.5. The number of hydrogen-bond acceptors (Lipinski definition) is 8. The number of carbonyl (C=O) groups is 2. The molecule has 26 heavy (non-hydrogen) atoms. The molecule has 0 saturated heterocycles. The highest BCUT2D eigenvalue weighted by Gasteiger charge is 2.35. The van der Waals surface area contributed by atoms with Gasteiger partial charge in [-0.1, -0.05) is 27.7 Å². The lowest BCUT2D eigenvalue weighted by molar-refractivity contribution is -0.232. The van der Waals surface area contributed by atoms with Crippen LogP contribution in [0.2, 0.25) is 0 Å². The number of rotatable bonds is 13. The molecule has 6 N–H and O–H groups in total. The van der Waals surface area contributed by atoms with Crippen molar-refractivity contribution in [3.8, 4) is 0 Å². The molecule has 0 aromatic rings. The van der Waals surface area contributed by atoms with Gasteiger partial charge in [-0.3, -0.25) is 21.1 Å². The minimum atomic E-state index is -1.98. The van der Waals surface area contributed by atoms with Crippen molar-refractivity contribution in [1.82, 2.24) is 0 Å². The normalized spacial score (nSPS) is 16.2. The maximum atomic E-state index is 11.8. The molecule has 0 radical (unpaired) electrons. The molecule has 0 spiro atoms. The standard InChI is InChI=1S/C18H36N2O6/c1-5-13(6-2)17(19,23)25-15(21)11-9-10-12-16(22)26-18(20,24)14(7-3)8-4/h13-14,23-24H,5-12,19-20H2,1-4H3. The molecule has 0 aromatic carbocycles. The molecule has 0 aromatic heterocycles. The number of unbranched alkanes of at least 4 members (excludes halogenated alkanes) is 1. The number of esters is 2. The highest BCUT2D eigenvalue weighted by molar-refractivity contribution is 5.71. The molecule has 0 heterocycles. The van der Waals surface area contributed by atoms with Crippen molar-refractivity contribution in [2.45, 2.75) is 90.9 Å². The van der Waals surface area contributed by atoms with Crippen LogP contribution >= 0.6 is 0 Å². The summed E-state index contributed by atoms with van der Waals surface area (Å²) in [6.45, 7) is 7.41.